The first kappa shape index (κ1) is 26.6. The van der Waals surface area contributed by atoms with Crippen LogP contribution in [0.5, 0.6) is 0 Å². The van der Waals surface area contributed by atoms with E-state index in [0.717, 1.165) is 11.2 Å². The van der Waals surface area contributed by atoms with Crippen LogP contribution in [-0.4, -0.2) is 60.0 Å². The Bertz CT molecular complexity index is 1290. The van der Waals surface area contributed by atoms with Gasteiger partial charge in [-0.2, -0.15) is 5.26 Å². The second kappa shape index (κ2) is 9.20. The Morgan fingerprint density at radius 2 is 1.89 bits per heavy atom. The molecule has 12 heteroatoms. The van der Waals surface area contributed by atoms with Gasteiger partial charge >= 0.3 is 0 Å². The van der Waals surface area contributed by atoms with Gasteiger partial charge in [-0.15, -0.1) is 0 Å². The summed E-state index contributed by atoms with van der Waals surface area (Å²) in [5.74, 6) is -5.21. The number of rotatable bonds is 6. The summed E-state index contributed by atoms with van der Waals surface area (Å²) in [7, 11) is -4.11. The van der Waals surface area contributed by atoms with Crippen molar-refractivity contribution in [1.29, 1.82) is 5.26 Å². The standard InChI is InChI=1S/C23H26F3N5O3S/c1-13-9-14(2)29-20(28-13)16-8-6-7-15(18(16)24)10-17-19(30-35(5,33)34)23(25,26)12-31(17)21(32)22(3,4)11-27/h6-9,17,19,30H,10,12H2,1-5H3/t17-,19+/m0/s1. The summed E-state index contributed by atoms with van der Waals surface area (Å²) < 4.78 is 71.3. The second-order valence-corrected chi connectivity index (χ2v) is 11.1. The van der Waals surface area contributed by atoms with Crippen molar-refractivity contribution in [3.05, 3.63) is 47.0 Å². The minimum Gasteiger partial charge on any atom is -0.330 e. The van der Waals surface area contributed by atoms with Crippen molar-refractivity contribution in [3.63, 3.8) is 0 Å². The van der Waals surface area contributed by atoms with Crippen molar-refractivity contribution in [2.75, 3.05) is 12.8 Å². The number of nitriles is 1. The van der Waals surface area contributed by atoms with Crippen molar-refractivity contribution in [2.24, 2.45) is 5.41 Å². The highest BCUT2D eigenvalue weighted by Gasteiger charge is 2.58. The van der Waals surface area contributed by atoms with E-state index in [-0.39, 0.29) is 17.0 Å². The minimum atomic E-state index is -4.11. The fraction of sp³-hybridized carbons (Fsp3) is 0.478. The Labute approximate surface area is 202 Å². The molecule has 0 aliphatic carbocycles. The number of carbonyl (C=O) groups is 1. The predicted molar refractivity (Wildman–Crippen MR) is 122 cm³/mol. The van der Waals surface area contributed by atoms with Gasteiger partial charge in [0.15, 0.2) is 5.82 Å². The van der Waals surface area contributed by atoms with E-state index in [2.05, 4.69) is 9.97 Å². The molecule has 1 fully saturated rings. The molecular formula is C23H26F3N5O3S. The zero-order valence-electron chi connectivity index (χ0n) is 19.9. The molecule has 1 N–H and O–H groups in total. The van der Waals surface area contributed by atoms with Crippen molar-refractivity contribution in [2.45, 2.75) is 52.1 Å². The average molecular weight is 510 g/mol. The maximum atomic E-state index is 15.6. The van der Waals surface area contributed by atoms with Gasteiger partial charge in [-0.05, 0) is 51.8 Å². The normalized spacial score (nSPS) is 20.0. The van der Waals surface area contributed by atoms with Gasteiger partial charge in [-0.3, -0.25) is 4.79 Å². The number of likely N-dealkylation sites (tertiary alicyclic amines) is 1. The van der Waals surface area contributed by atoms with Crippen LogP contribution in [0.25, 0.3) is 11.4 Å². The number of hydrogen-bond acceptors (Lipinski definition) is 6. The van der Waals surface area contributed by atoms with Gasteiger partial charge in [-0.25, -0.2) is 36.3 Å². The molecule has 0 saturated carbocycles. The maximum Gasteiger partial charge on any atom is 0.283 e. The Morgan fingerprint density at radius 3 is 2.43 bits per heavy atom. The molecule has 0 bridgehead atoms. The van der Waals surface area contributed by atoms with Crippen molar-refractivity contribution in [1.82, 2.24) is 19.6 Å². The summed E-state index contributed by atoms with van der Waals surface area (Å²) in [6.07, 6.45) is 0.295. The van der Waals surface area contributed by atoms with Gasteiger partial charge in [0.05, 0.1) is 30.5 Å². The number of nitrogens with zero attached hydrogens (tertiary/aromatic N) is 4. The lowest BCUT2D eigenvalue weighted by atomic mass is 9.92. The fourth-order valence-corrected chi connectivity index (χ4v) is 4.93. The number of carbonyl (C=O) groups excluding carboxylic acids is 1. The van der Waals surface area contributed by atoms with Gasteiger partial charge < -0.3 is 4.90 Å². The minimum absolute atomic E-state index is 0.0270. The molecular weight excluding hydrogens is 483 g/mol. The van der Waals surface area contributed by atoms with Gasteiger partial charge in [0.2, 0.25) is 15.9 Å². The lowest BCUT2D eigenvalue weighted by Gasteiger charge is -2.31. The molecule has 1 aromatic carbocycles. The molecule has 0 radical (unpaired) electrons. The summed E-state index contributed by atoms with van der Waals surface area (Å²) in [5.41, 5.74) is -0.411. The quantitative estimate of drug-likeness (QED) is 0.640. The Hall–Kier alpha value is -3.04. The van der Waals surface area contributed by atoms with Crippen molar-refractivity contribution < 1.29 is 26.4 Å². The van der Waals surface area contributed by atoms with E-state index < -0.39 is 58.1 Å². The highest BCUT2D eigenvalue weighted by atomic mass is 32.2. The number of hydrogen-bond donors (Lipinski definition) is 1. The molecule has 1 saturated heterocycles. The van der Waals surface area contributed by atoms with E-state index in [0.29, 0.717) is 11.4 Å². The third-order valence-corrected chi connectivity index (χ3v) is 6.45. The van der Waals surface area contributed by atoms with Crippen LogP contribution in [-0.2, 0) is 21.2 Å². The number of halogens is 3. The largest absolute Gasteiger partial charge is 0.330 e. The summed E-state index contributed by atoms with van der Waals surface area (Å²) >= 11 is 0. The lowest BCUT2D eigenvalue weighted by Crippen LogP contribution is -2.53. The molecule has 1 amide bonds. The molecule has 2 heterocycles. The first-order valence-electron chi connectivity index (χ1n) is 10.7. The molecule has 3 rings (SSSR count). The molecule has 188 valence electrons. The van der Waals surface area contributed by atoms with Crippen LogP contribution in [0.4, 0.5) is 13.2 Å². The summed E-state index contributed by atoms with van der Waals surface area (Å²) in [6.45, 7) is 4.89. The molecule has 2 atom stereocenters. The van der Waals surface area contributed by atoms with E-state index in [1.807, 2.05) is 4.72 Å². The number of amides is 1. The molecule has 1 aliphatic rings. The summed E-state index contributed by atoms with van der Waals surface area (Å²) in [6, 6.07) is 4.35. The van der Waals surface area contributed by atoms with Gasteiger partial charge in [0.1, 0.15) is 17.3 Å². The number of aryl methyl sites for hydroxylation is 2. The van der Waals surface area contributed by atoms with Crippen LogP contribution in [0.15, 0.2) is 24.3 Å². The summed E-state index contributed by atoms with van der Waals surface area (Å²) in [5, 5.41) is 9.36. The maximum absolute atomic E-state index is 15.6. The number of nitrogens with one attached hydrogen (secondary N) is 1. The van der Waals surface area contributed by atoms with Crippen LogP contribution >= 0.6 is 0 Å². The number of aromatic nitrogens is 2. The molecule has 0 unspecified atom stereocenters. The highest BCUT2D eigenvalue weighted by Crippen LogP contribution is 2.38. The first-order chi connectivity index (χ1) is 16.1. The van der Waals surface area contributed by atoms with Crippen LogP contribution in [0.2, 0.25) is 0 Å². The molecule has 35 heavy (non-hydrogen) atoms. The van der Waals surface area contributed by atoms with E-state index in [4.69, 9.17) is 0 Å². The van der Waals surface area contributed by atoms with Crippen molar-refractivity contribution >= 4 is 15.9 Å². The van der Waals surface area contributed by atoms with E-state index in [9.17, 15) is 18.5 Å². The third kappa shape index (κ3) is 5.62. The zero-order chi connectivity index (χ0) is 26.3. The van der Waals surface area contributed by atoms with Crippen LogP contribution in [0, 0.1) is 36.4 Å². The van der Waals surface area contributed by atoms with Crippen molar-refractivity contribution in [3.8, 4) is 17.5 Å². The van der Waals surface area contributed by atoms with Gasteiger partial charge in [0.25, 0.3) is 5.92 Å². The van der Waals surface area contributed by atoms with E-state index >= 15 is 13.2 Å². The fourth-order valence-electron chi connectivity index (χ4n) is 4.14. The Kier molecular flexibility index (Phi) is 6.98. The Morgan fingerprint density at radius 1 is 1.29 bits per heavy atom. The van der Waals surface area contributed by atoms with E-state index in [1.54, 1.807) is 26.0 Å². The molecule has 1 aliphatic heterocycles. The molecule has 0 spiro atoms. The Balaban J connectivity index is 2.10. The number of alkyl halides is 2. The van der Waals surface area contributed by atoms with E-state index in [1.165, 1.54) is 32.0 Å². The lowest BCUT2D eigenvalue weighted by molar-refractivity contribution is -0.139. The van der Waals surface area contributed by atoms with Crippen LogP contribution < -0.4 is 4.72 Å². The third-order valence-electron chi connectivity index (χ3n) is 5.77. The monoisotopic (exact) mass is 509 g/mol. The summed E-state index contributed by atoms with van der Waals surface area (Å²) in [4.78, 5) is 22.3. The zero-order valence-corrected chi connectivity index (χ0v) is 20.8. The number of benzene rings is 1. The predicted octanol–water partition coefficient (Wildman–Crippen LogP) is 2.76. The van der Waals surface area contributed by atoms with Crippen LogP contribution in [0.1, 0.15) is 30.8 Å². The smallest absolute Gasteiger partial charge is 0.283 e. The van der Waals surface area contributed by atoms with Gasteiger partial charge in [-0.1, -0.05) is 12.1 Å². The highest BCUT2D eigenvalue weighted by molar-refractivity contribution is 7.88. The number of sulfonamides is 1. The van der Waals surface area contributed by atoms with Crippen LogP contribution in [0.3, 0.4) is 0 Å². The average Bonchev–Trinajstić information content (AvgIpc) is 2.97. The molecule has 2 aromatic rings. The molecule has 1 aromatic heterocycles. The SMILES string of the molecule is Cc1cc(C)nc(-c2cccc(C[C@H]3[C@@H](NS(C)(=O)=O)C(F)(F)CN3C(=O)C(C)(C)C#N)c2F)n1. The molecule has 8 nitrogen and oxygen atoms in total. The first-order valence-corrected chi connectivity index (χ1v) is 12.6. The van der Waals surface area contributed by atoms with Gasteiger partial charge in [0, 0.05) is 11.4 Å². The topological polar surface area (TPSA) is 116 Å². The second-order valence-electron chi connectivity index (χ2n) is 9.32.